The van der Waals surface area contributed by atoms with E-state index >= 15 is 4.39 Å². The number of ether oxygens (including phenoxy) is 1. The molecule has 0 amide bonds. The second kappa shape index (κ2) is 8.65. The van der Waals surface area contributed by atoms with Crippen LogP contribution in [-0.4, -0.2) is 68.6 Å². The van der Waals surface area contributed by atoms with Crippen LogP contribution in [0.5, 0.6) is 6.01 Å². The molecule has 2 atom stereocenters. The Morgan fingerprint density at radius 3 is 2.58 bits per heavy atom. The normalized spacial score (nSPS) is 21.1. The standard InChI is InChI=1S/C25H33FN6O/c1-15(2)8-22-28-23-16(3)27-25(33-5)29-24(23)32(22)12-18-7-6-17(9-21(18)26)11-31-14-19-10-20(31)13-30(19)4/h6-7,9,15,19-20H,8,10-14H2,1-5H3/t19-,20-/m1/s1. The maximum absolute atomic E-state index is 15.3. The third-order valence-electron chi connectivity index (χ3n) is 7.06. The van der Waals surface area contributed by atoms with Gasteiger partial charge in [-0.1, -0.05) is 26.0 Å². The Bertz CT molecular complexity index is 1170. The summed E-state index contributed by atoms with van der Waals surface area (Å²) in [6.45, 7) is 9.59. The smallest absolute Gasteiger partial charge is 0.318 e. The first kappa shape index (κ1) is 22.2. The van der Waals surface area contributed by atoms with Gasteiger partial charge in [0.05, 0.1) is 19.3 Å². The third kappa shape index (κ3) is 4.22. The van der Waals surface area contributed by atoms with E-state index in [1.165, 1.54) is 6.42 Å². The van der Waals surface area contributed by atoms with Crippen LogP contribution in [-0.2, 0) is 19.5 Å². The fraction of sp³-hybridized carbons (Fsp3) is 0.560. The molecule has 2 fully saturated rings. The van der Waals surface area contributed by atoms with Crippen LogP contribution in [0.3, 0.4) is 0 Å². The van der Waals surface area contributed by atoms with E-state index in [1.54, 1.807) is 13.2 Å². The van der Waals surface area contributed by atoms with Crippen molar-refractivity contribution in [3.8, 4) is 6.01 Å². The average Bonchev–Trinajstić information content (AvgIpc) is 3.42. The summed E-state index contributed by atoms with van der Waals surface area (Å²) in [4.78, 5) is 18.7. The van der Waals surface area contributed by atoms with E-state index in [0.29, 0.717) is 41.8 Å². The minimum absolute atomic E-state index is 0.177. The number of hydrogen-bond acceptors (Lipinski definition) is 6. The molecule has 0 N–H and O–H groups in total. The van der Waals surface area contributed by atoms with Crippen molar-refractivity contribution in [1.82, 2.24) is 29.3 Å². The van der Waals surface area contributed by atoms with E-state index in [4.69, 9.17) is 9.72 Å². The largest absolute Gasteiger partial charge is 0.467 e. The number of rotatable bonds is 7. The third-order valence-corrected chi connectivity index (χ3v) is 7.06. The molecule has 0 spiro atoms. The Labute approximate surface area is 194 Å². The Morgan fingerprint density at radius 2 is 1.94 bits per heavy atom. The van der Waals surface area contributed by atoms with Crippen molar-refractivity contribution < 1.29 is 9.13 Å². The highest BCUT2D eigenvalue weighted by Crippen LogP contribution is 2.31. The molecule has 0 unspecified atom stereocenters. The fourth-order valence-electron chi connectivity index (χ4n) is 5.30. The summed E-state index contributed by atoms with van der Waals surface area (Å²) in [5, 5.41) is 0. The lowest BCUT2D eigenvalue weighted by atomic mass is 10.1. The number of likely N-dealkylation sites (tertiary alicyclic amines) is 2. The quantitative estimate of drug-likeness (QED) is 0.548. The van der Waals surface area contributed by atoms with Gasteiger partial charge in [0, 0.05) is 43.7 Å². The van der Waals surface area contributed by atoms with E-state index < -0.39 is 0 Å². The molecule has 2 saturated heterocycles. The second-order valence-electron chi connectivity index (χ2n) is 10.0. The van der Waals surface area contributed by atoms with Crippen LogP contribution >= 0.6 is 0 Å². The molecular formula is C25H33FN6O. The van der Waals surface area contributed by atoms with Crippen LogP contribution in [0.15, 0.2) is 18.2 Å². The number of hydrogen-bond donors (Lipinski definition) is 0. The number of benzene rings is 1. The molecule has 4 heterocycles. The van der Waals surface area contributed by atoms with E-state index in [2.05, 4.69) is 46.7 Å². The van der Waals surface area contributed by atoms with Gasteiger partial charge in [-0.05, 0) is 37.9 Å². The highest BCUT2D eigenvalue weighted by atomic mass is 19.1. The number of halogens is 1. The molecule has 5 rings (SSSR count). The lowest BCUT2D eigenvalue weighted by molar-refractivity contribution is 0.143. The molecule has 2 bridgehead atoms. The summed E-state index contributed by atoms with van der Waals surface area (Å²) in [5.41, 5.74) is 3.88. The number of imidazole rings is 1. The molecule has 0 radical (unpaired) electrons. The van der Waals surface area contributed by atoms with Gasteiger partial charge in [0.1, 0.15) is 17.2 Å². The molecule has 8 heteroatoms. The van der Waals surface area contributed by atoms with Gasteiger partial charge in [-0.2, -0.15) is 9.97 Å². The highest BCUT2D eigenvalue weighted by molar-refractivity contribution is 5.74. The predicted octanol–water partition coefficient (Wildman–Crippen LogP) is 3.42. The summed E-state index contributed by atoms with van der Waals surface area (Å²) >= 11 is 0. The average molecular weight is 453 g/mol. The van der Waals surface area contributed by atoms with Crippen LogP contribution in [0.25, 0.3) is 11.2 Å². The molecular weight excluding hydrogens is 419 g/mol. The van der Waals surface area contributed by atoms with Crippen LogP contribution < -0.4 is 4.74 Å². The zero-order valence-electron chi connectivity index (χ0n) is 20.2. The number of piperazine rings is 1. The molecule has 33 heavy (non-hydrogen) atoms. The van der Waals surface area contributed by atoms with Crippen molar-refractivity contribution in [3.63, 3.8) is 0 Å². The van der Waals surface area contributed by atoms with Gasteiger partial charge in [0.15, 0.2) is 5.65 Å². The van der Waals surface area contributed by atoms with E-state index in [0.717, 1.165) is 48.7 Å². The zero-order chi connectivity index (χ0) is 23.3. The maximum atomic E-state index is 15.3. The molecule has 7 nitrogen and oxygen atoms in total. The van der Waals surface area contributed by atoms with Crippen molar-refractivity contribution in [3.05, 3.63) is 46.7 Å². The molecule has 1 aromatic carbocycles. The van der Waals surface area contributed by atoms with Gasteiger partial charge in [0.2, 0.25) is 0 Å². The highest BCUT2D eigenvalue weighted by Gasteiger charge is 2.41. The number of nitrogens with zero attached hydrogens (tertiary/aromatic N) is 6. The molecule has 3 aromatic rings. The number of methoxy groups -OCH3 is 1. The van der Waals surface area contributed by atoms with Crippen LogP contribution in [0.2, 0.25) is 0 Å². The molecule has 0 saturated carbocycles. The van der Waals surface area contributed by atoms with Crippen molar-refractivity contribution in [1.29, 1.82) is 0 Å². The van der Waals surface area contributed by atoms with Gasteiger partial charge in [0.25, 0.3) is 0 Å². The number of aromatic nitrogens is 4. The first-order valence-corrected chi connectivity index (χ1v) is 11.8. The summed E-state index contributed by atoms with van der Waals surface area (Å²) < 4.78 is 22.6. The molecule has 176 valence electrons. The first-order valence-electron chi connectivity index (χ1n) is 11.8. The molecule has 2 aliphatic rings. The van der Waals surface area contributed by atoms with Gasteiger partial charge in [-0.25, -0.2) is 9.37 Å². The molecule has 0 aliphatic carbocycles. The van der Waals surface area contributed by atoms with E-state index in [-0.39, 0.29) is 5.82 Å². The molecule has 2 aromatic heterocycles. The first-order chi connectivity index (χ1) is 15.8. The van der Waals surface area contributed by atoms with Crippen LogP contribution in [0.1, 0.15) is 42.9 Å². The van der Waals surface area contributed by atoms with Crippen LogP contribution in [0.4, 0.5) is 4.39 Å². The number of aryl methyl sites for hydroxylation is 1. The van der Waals surface area contributed by atoms with Gasteiger partial charge in [-0.3, -0.25) is 4.90 Å². The topological polar surface area (TPSA) is 59.3 Å². The molecule has 2 aliphatic heterocycles. The SMILES string of the molecule is COc1nc(C)c2nc(CC(C)C)n(Cc3ccc(CN4C[C@H]5C[C@@H]4CN5C)cc3F)c2n1. The van der Waals surface area contributed by atoms with Crippen molar-refractivity contribution in [2.75, 3.05) is 27.2 Å². The zero-order valence-corrected chi connectivity index (χ0v) is 20.2. The lowest BCUT2D eigenvalue weighted by Crippen LogP contribution is -2.43. The Morgan fingerprint density at radius 1 is 1.12 bits per heavy atom. The van der Waals surface area contributed by atoms with Gasteiger partial charge >= 0.3 is 6.01 Å². The summed E-state index contributed by atoms with van der Waals surface area (Å²) in [6.07, 6.45) is 2.01. The van der Waals surface area contributed by atoms with E-state index in [1.807, 2.05) is 17.6 Å². The van der Waals surface area contributed by atoms with Crippen molar-refractivity contribution in [2.45, 2.75) is 58.8 Å². The van der Waals surface area contributed by atoms with Gasteiger partial charge in [-0.15, -0.1) is 0 Å². The summed E-state index contributed by atoms with van der Waals surface area (Å²) in [7, 11) is 3.75. The lowest BCUT2D eigenvalue weighted by Gasteiger charge is -2.31. The van der Waals surface area contributed by atoms with E-state index in [9.17, 15) is 0 Å². The minimum atomic E-state index is -0.177. The van der Waals surface area contributed by atoms with Gasteiger partial charge < -0.3 is 14.2 Å². The number of fused-ring (bicyclic) bond motifs is 3. The maximum Gasteiger partial charge on any atom is 0.318 e. The summed E-state index contributed by atoms with van der Waals surface area (Å²) in [6, 6.07) is 7.23. The minimum Gasteiger partial charge on any atom is -0.467 e. The van der Waals surface area contributed by atoms with Crippen molar-refractivity contribution in [2.24, 2.45) is 5.92 Å². The Kier molecular flexibility index (Phi) is 5.82. The second-order valence-corrected chi connectivity index (χ2v) is 10.0. The fourth-order valence-corrected chi connectivity index (χ4v) is 5.30. The Hall–Kier alpha value is -2.58. The number of likely N-dealkylation sites (N-methyl/N-ethyl adjacent to an activating group) is 1. The van der Waals surface area contributed by atoms with Crippen molar-refractivity contribution >= 4 is 11.2 Å². The monoisotopic (exact) mass is 452 g/mol. The Balaban J connectivity index is 1.42. The predicted molar refractivity (Wildman–Crippen MR) is 126 cm³/mol. The summed E-state index contributed by atoms with van der Waals surface area (Å²) in [5.74, 6) is 1.13. The van der Waals surface area contributed by atoms with Crippen LogP contribution in [0, 0.1) is 18.7 Å².